The van der Waals surface area contributed by atoms with Gasteiger partial charge in [-0.2, -0.15) is 0 Å². The smallest absolute Gasteiger partial charge is 0.245 e. The van der Waals surface area contributed by atoms with Gasteiger partial charge in [-0.05, 0) is 92.9 Å². The van der Waals surface area contributed by atoms with Gasteiger partial charge in [-0.25, -0.2) is 0 Å². The Labute approximate surface area is 530 Å². The molecule has 0 radical (unpaired) electrons. The topological polar surface area (TPSA) is 302 Å². The highest BCUT2D eigenvalue weighted by Gasteiger charge is 2.43. The van der Waals surface area contributed by atoms with Gasteiger partial charge in [0, 0.05) is 55.3 Å². The third-order valence-corrected chi connectivity index (χ3v) is 16.1. The number of hydrogen-bond acceptors (Lipinski definition) is 12. The van der Waals surface area contributed by atoms with E-state index in [1.807, 2.05) is 76.2 Å². The fraction of sp³-hybridized carbons (Fsp3) is 0.723. The summed E-state index contributed by atoms with van der Waals surface area (Å²) in [5.41, 5.74) is 6.21. The zero-order valence-corrected chi connectivity index (χ0v) is 57.1. The number of likely N-dealkylation sites (N-methyl/N-ethyl adjacent to an activating group) is 6. The van der Waals surface area contributed by atoms with Crippen LogP contribution in [0.3, 0.4) is 0 Å². The average molecular weight is 1250 g/mol. The number of primary amides is 1. The van der Waals surface area contributed by atoms with Gasteiger partial charge < -0.3 is 61.3 Å². The molecule has 502 valence electrons. The lowest BCUT2D eigenvalue weighted by Crippen LogP contribution is -2.61. The molecule has 0 aromatic heterocycles. The van der Waals surface area contributed by atoms with Gasteiger partial charge in [-0.3, -0.25) is 57.5 Å². The third-order valence-electron chi connectivity index (χ3n) is 16.1. The Hall–Kier alpha value is -7.14. The number of nitrogens with two attached hydrogens (primary N) is 1. The molecule has 1 aliphatic rings. The minimum absolute atomic E-state index is 0.0725. The molecule has 1 saturated heterocycles. The summed E-state index contributed by atoms with van der Waals surface area (Å²) in [4.78, 5) is 183. The van der Waals surface area contributed by atoms with Crippen LogP contribution in [0.4, 0.5) is 0 Å². The zero-order valence-electron chi connectivity index (χ0n) is 57.1. The van der Waals surface area contributed by atoms with Gasteiger partial charge in [-0.1, -0.05) is 127 Å². The van der Waals surface area contributed by atoms with Gasteiger partial charge in [0.2, 0.25) is 70.9 Å². The molecule has 6 N–H and O–H groups in total. The Kier molecular flexibility index (Phi) is 32.0. The van der Waals surface area contributed by atoms with E-state index in [1.54, 1.807) is 44.2 Å². The van der Waals surface area contributed by atoms with E-state index in [0.29, 0.717) is 12.0 Å². The molecule has 0 spiro atoms. The van der Waals surface area contributed by atoms with Crippen molar-refractivity contribution in [3.8, 4) is 0 Å². The van der Waals surface area contributed by atoms with Gasteiger partial charge in [0.1, 0.15) is 54.4 Å². The Balaban J connectivity index is 3.01. The molecule has 24 heteroatoms. The van der Waals surface area contributed by atoms with Crippen LogP contribution in [0.2, 0.25) is 0 Å². The first-order chi connectivity index (χ1) is 41.4. The van der Waals surface area contributed by atoms with Crippen LogP contribution < -0.4 is 27.0 Å². The van der Waals surface area contributed by atoms with Crippen molar-refractivity contribution in [2.24, 2.45) is 41.2 Å². The maximum Gasteiger partial charge on any atom is 0.245 e. The lowest BCUT2D eigenvalue weighted by molar-refractivity contribution is -0.155. The summed E-state index contributed by atoms with van der Waals surface area (Å²) in [6.07, 6.45) is 0.651. The van der Waals surface area contributed by atoms with Crippen LogP contribution in [-0.2, 0) is 64.1 Å². The third kappa shape index (κ3) is 24.0. The Bertz CT molecular complexity index is 2580. The van der Waals surface area contributed by atoms with Crippen LogP contribution in [-0.4, -0.2) is 215 Å². The summed E-state index contributed by atoms with van der Waals surface area (Å²) in [7, 11) is 8.68. The van der Waals surface area contributed by atoms with E-state index in [2.05, 4.69) is 21.3 Å². The number of nitrogens with zero attached hydrogens (tertiary/aromatic N) is 7. The summed E-state index contributed by atoms with van der Waals surface area (Å²) in [6.45, 7) is 24.2. The van der Waals surface area contributed by atoms with Crippen molar-refractivity contribution >= 4 is 70.9 Å². The Morgan fingerprint density at radius 1 is 0.483 bits per heavy atom. The van der Waals surface area contributed by atoms with Crippen molar-refractivity contribution in [1.29, 1.82) is 0 Å². The number of rotatable bonds is 18. The van der Waals surface area contributed by atoms with E-state index in [4.69, 9.17) is 5.73 Å². The summed E-state index contributed by atoms with van der Waals surface area (Å²) in [6, 6.07) is -2.16. The lowest BCUT2D eigenvalue weighted by Gasteiger charge is -2.40. The Morgan fingerprint density at radius 2 is 0.876 bits per heavy atom. The standard InChI is InChI=1S/C65H110N12O12/c1-21-25-47-61(85)71(15)37-55(80)77(35-45-26-23-22-24-27-45)36-54(79)70-56(43(12)13)65(89)73(17)49(31-39(4)5)58(82)68-46(28-29-53(66)78)57(81)67-44(14)60(84)74(18)50(32-40(6)7)63(87)76(20)52(34-42(10)11)64(88)75(19)51(33-41(8)9)62(86)72(16)48(30-38(2)3)59(83)69-47/h22-24,26-27,38-44,46-52,56H,21,25,28-37H2,1-20H3,(H2,66,78)(H,67,81)(H,68,82)(H,69,83)(H,70,79)/t44-,46-,47+,48+,49+,50+,51+,52+,56+/m1/s1. The molecule has 0 saturated carbocycles. The number of benzene rings is 1. The molecule has 2 rings (SSSR count). The summed E-state index contributed by atoms with van der Waals surface area (Å²) >= 11 is 0. The van der Waals surface area contributed by atoms with Crippen molar-refractivity contribution in [2.45, 2.75) is 216 Å². The lowest BCUT2D eigenvalue weighted by atomic mass is 9.95. The van der Waals surface area contributed by atoms with Crippen molar-refractivity contribution < 1.29 is 57.5 Å². The summed E-state index contributed by atoms with van der Waals surface area (Å²) < 4.78 is 0. The molecule has 1 aromatic rings. The molecular weight excluding hydrogens is 1140 g/mol. The second-order valence-electron chi connectivity index (χ2n) is 26.8. The number of carbonyl (C=O) groups is 12. The molecule has 0 bridgehead atoms. The van der Waals surface area contributed by atoms with Crippen molar-refractivity contribution in [2.75, 3.05) is 55.4 Å². The van der Waals surface area contributed by atoms with Gasteiger partial charge >= 0.3 is 0 Å². The second-order valence-corrected chi connectivity index (χ2v) is 26.8. The predicted octanol–water partition coefficient (Wildman–Crippen LogP) is 3.53. The van der Waals surface area contributed by atoms with E-state index >= 15 is 14.4 Å². The van der Waals surface area contributed by atoms with Crippen molar-refractivity contribution in [3.63, 3.8) is 0 Å². The van der Waals surface area contributed by atoms with E-state index < -0.39 is 144 Å². The molecule has 0 unspecified atom stereocenters. The van der Waals surface area contributed by atoms with Gasteiger partial charge in [-0.15, -0.1) is 0 Å². The number of nitrogens with one attached hydrogen (secondary N) is 4. The van der Waals surface area contributed by atoms with E-state index in [-0.39, 0.29) is 87.5 Å². The maximum atomic E-state index is 15.2. The monoisotopic (exact) mass is 1250 g/mol. The first-order valence-corrected chi connectivity index (χ1v) is 31.7. The average Bonchev–Trinajstić information content (AvgIpc) is 1.07. The predicted molar refractivity (Wildman–Crippen MR) is 341 cm³/mol. The van der Waals surface area contributed by atoms with Crippen LogP contribution in [0.1, 0.15) is 160 Å². The number of carbonyl (C=O) groups excluding carboxylic acids is 12. The Morgan fingerprint density at radius 3 is 1.28 bits per heavy atom. The summed E-state index contributed by atoms with van der Waals surface area (Å²) in [5, 5.41) is 11.0. The normalized spacial score (nSPS) is 24.4. The van der Waals surface area contributed by atoms with Crippen LogP contribution in [0.15, 0.2) is 30.3 Å². The second kappa shape index (κ2) is 36.5. The van der Waals surface area contributed by atoms with Gasteiger partial charge in [0.15, 0.2) is 0 Å². The van der Waals surface area contributed by atoms with E-state index in [9.17, 15) is 43.2 Å². The van der Waals surface area contributed by atoms with Crippen LogP contribution in [0.5, 0.6) is 0 Å². The van der Waals surface area contributed by atoms with Gasteiger partial charge in [0.25, 0.3) is 0 Å². The minimum Gasteiger partial charge on any atom is -0.370 e. The molecule has 1 aliphatic heterocycles. The molecule has 12 amide bonds. The SMILES string of the molecule is CCC[C@@H]1NC(=O)[C@H](CC(C)C)N(C)C(=O)[C@H](CC(C)C)N(C)C(=O)[C@H](CC(C)C)N(C)C(=O)[C@H](CC(C)C)N(C)C(=O)[C@@H](C)NC(=O)[C@@H](CCC(N)=O)NC(=O)[C@H](CC(C)C)N(C)C(=O)[C@H](C(C)C)NC(=O)CN(Cc2ccccc2)C(=O)CN(C)C1=O. The molecule has 24 nitrogen and oxygen atoms in total. The fourth-order valence-electron chi connectivity index (χ4n) is 11.0. The van der Waals surface area contributed by atoms with Crippen molar-refractivity contribution in [1.82, 2.24) is 55.6 Å². The minimum atomic E-state index is -1.46. The van der Waals surface area contributed by atoms with Crippen LogP contribution >= 0.6 is 0 Å². The molecular formula is C65H110N12O12. The molecule has 1 aromatic carbocycles. The molecule has 89 heavy (non-hydrogen) atoms. The fourth-order valence-corrected chi connectivity index (χ4v) is 11.0. The molecule has 0 aliphatic carbocycles. The maximum absolute atomic E-state index is 15.2. The molecule has 1 fully saturated rings. The largest absolute Gasteiger partial charge is 0.370 e. The first kappa shape index (κ1) is 78.0. The molecule has 9 atom stereocenters. The van der Waals surface area contributed by atoms with Crippen molar-refractivity contribution in [3.05, 3.63) is 35.9 Å². The highest BCUT2D eigenvalue weighted by atomic mass is 16.2. The van der Waals surface area contributed by atoms with E-state index in [1.165, 1.54) is 83.5 Å². The summed E-state index contributed by atoms with van der Waals surface area (Å²) in [5.74, 6) is -9.48. The first-order valence-electron chi connectivity index (χ1n) is 31.7. The van der Waals surface area contributed by atoms with E-state index in [0.717, 1.165) is 0 Å². The van der Waals surface area contributed by atoms with Crippen LogP contribution in [0.25, 0.3) is 0 Å². The number of hydrogen-bond donors (Lipinski definition) is 5. The van der Waals surface area contributed by atoms with Gasteiger partial charge in [0.05, 0.1) is 13.1 Å². The highest BCUT2D eigenvalue weighted by molar-refractivity contribution is 5.99. The molecule has 1 heterocycles. The zero-order chi connectivity index (χ0) is 68.1. The number of amides is 12. The quantitative estimate of drug-likeness (QED) is 0.141. The van der Waals surface area contributed by atoms with Crippen LogP contribution in [0, 0.1) is 35.5 Å². The highest BCUT2D eigenvalue weighted by Crippen LogP contribution is 2.25.